The Labute approximate surface area is 148 Å². The lowest BCUT2D eigenvalue weighted by Gasteiger charge is -2.18. The van der Waals surface area contributed by atoms with Gasteiger partial charge in [-0.15, -0.1) is 0 Å². The molecule has 0 aromatic rings. The van der Waals surface area contributed by atoms with E-state index in [-0.39, 0.29) is 16.6 Å². The zero-order chi connectivity index (χ0) is 20.3. The molecular weight excluding hydrogens is 409 g/mol. The second-order valence-corrected chi connectivity index (χ2v) is 11.9. The number of rotatable bonds is 11. The number of hydrogen-bond acceptors (Lipinski definition) is 2. The first kappa shape index (κ1) is 27.7. The molecule has 0 radical (unpaired) electrons. The first-order chi connectivity index (χ1) is 11.1. The van der Waals surface area contributed by atoms with Crippen LogP contribution in [0.5, 0.6) is 0 Å². The molecule has 0 aliphatic heterocycles. The summed E-state index contributed by atoms with van der Waals surface area (Å²) in [6.45, 7) is 2.15. The molecular formula is C11H27BF4O6P2S. The molecule has 0 saturated heterocycles. The van der Waals surface area contributed by atoms with Crippen LogP contribution in [-0.2, 0) is 20.0 Å². The van der Waals surface area contributed by atoms with Gasteiger partial charge in [0.2, 0.25) is 5.40 Å². The molecule has 1 atom stereocenters. The zero-order valence-corrected chi connectivity index (χ0v) is 16.8. The van der Waals surface area contributed by atoms with Crippen LogP contribution in [0.25, 0.3) is 0 Å². The third-order valence-corrected chi connectivity index (χ3v) is 9.16. The van der Waals surface area contributed by atoms with Gasteiger partial charge in [0.25, 0.3) is 0 Å². The molecule has 0 saturated carbocycles. The predicted octanol–water partition coefficient (Wildman–Crippen LogP) is 3.58. The summed E-state index contributed by atoms with van der Waals surface area (Å²) in [6, 6.07) is 0. The molecule has 0 spiro atoms. The number of unbranched alkanes of at least 4 members (excludes halogenated alkanes) is 5. The van der Waals surface area contributed by atoms with Crippen molar-refractivity contribution < 1.29 is 46.0 Å². The summed E-state index contributed by atoms with van der Waals surface area (Å²) in [7, 11) is -15.9. The van der Waals surface area contributed by atoms with E-state index < -0.39 is 27.8 Å². The normalized spacial score (nSPS) is 14.2. The van der Waals surface area contributed by atoms with E-state index in [0.717, 1.165) is 25.0 Å². The average molecular weight is 436 g/mol. The fourth-order valence-corrected chi connectivity index (χ4v) is 7.88. The second kappa shape index (κ2) is 12.8. The van der Waals surface area contributed by atoms with Crippen LogP contribution in [0.2, 0.25) is 0 Å². The maximum atomic E-state index is 11.2. The molecule has 0 aromatic carbocycles. The topological polar surface area (TPSA) is 115 Å². The Hall–Kier alpha value is 0.435. The fraction of sp³-hybridized carbons (Fsp3) is 1.00. The lowest BCUT2D eigenvalue weighted by Crippen LogP contribution is -2.23. The van der Waals surface area contributed by atoms with Gasteiger partial charge in [0.15, 0.2) is 0 Å². The van der Waals surface area contributed by atoms with Crippen LogP contribution in [-0.4, -0.2) is 50.0 Å². The van der Waals surface area contributed by atoms with Gasteiger partial charge in [-0.25, -0.2) is 0 Å². The monoisotopic (exact) mass is 436 g/mol. The standard InChI is InChI=1S/C11H26O6P2S.BF4/c1-3-4-5-6-7-8-9-20(2)10-11(18(12,13)14)19(15,16)17;2-1(3,4)5/h11H,3-10H2,1-2H3,(H3-,12,13,14,15,16,17);/q;-1/p+1. The molecule has 4 N–H and O–H groups in total. The minimum Gasteiger partial charge on any atom is -0.418 e. The van der Waals surface area contributed by atoms with Gasteiger partial charge in [-0.05, 0) is 23.7 Å². The maximum Gasteiger partial charge on any atom is 0.673 e. The van der Waals surface area contributed by atoms with Gasteiger partial charge in [0.05, 0.1) is 6.26 Å². The van der Waals surface area contributed by atoms with Crippen LogP contribution in [0.3, 0.4) is 0 Å². The predicted molar refractivity (Wildman–Crippen MR) is 94.5 cm³/mol. The van der Waals surface area contributed by atoms with Crippen LogP contribution in [0.1, 0.15) is 45.4 Å². The highest BCUT2D eigenvalue weighted by Crippen LogP contribution is 2.60. The lowest BCUT2D eigenvalue weighted by atomic mass is 10.1. The minimum absolute atomic E-state index is 0.108. The molecule has 0 aliphatic carbocycles. The van der Waals surface area contributed by atoms with Gasteiger partial charge in [-0.3, -0.25) is 9.13 Å². The molecule has 0 aromatic heterocycles. The van der Waals surface area contributed by atoms with Crippen molar-refractivity contribution in [1.82, 2.24) is 0 Å². The van der Waals surface area contributed by atoms with Crippen molar-refractivity contribution in [3.8, 4) is 0 Å². The second-order valence-electron chi connectivity index (χ2n) is 5.57. The third kappa shape index (κ3) is 20.6. The average Bonchev–Trinajstić information content (AvgIpc) is 2.35. The highest BCUT2D eigenvalue weighted by molar-refractivity contribution is 7.97. The van der Waals surface area contributed by atoms with Crippen molar-refractivity contribution in [3.63, 3.8) is 0 Å². The Morgan fingerprint density at radius 1 is 0.880 bits per heavy atom. The van der Waals surface area contributed by atoms with E-state index >= 15 is 0 Å². The summed E-state index contributed by atoms with van der Waals surface area (Å²) in [5.74, 6) is 0.659. The van der Waals surface area contributed by atoms with E-state index in [9.17, 15) is 26.4 Å². The van der Waals surface area contributed by atoms with E-state index in [2.05, 4.69) is 6.92 Å². The Bertz CT molecular complexity index is 417. The molecule has 0 fully saturated rings. The van der Waals surface area contributed by atoms with E-state index in [0.29, 0.717) is 0 Å². The Kier molecular flexibility index (Phi) is 14.1. The van der Waals surface area contributed by atoms with E-state index in [4.69, 9.17) is 19.6 Å². The van der Waals surface area contributed by atoms with E-state index in [1.165, 1.54) is 19.3 Å². The summed E-state index contributed by atoms with van der Waals surface area (Å²) >= 11 is 0. The molecule has 25 heavy (non-hydrogen) atoms. The van der Waals surface area contributed by atoms with Crippen molar-refractivity contribution in [2.75, 3.05) is 17.8 Å². The smallest absolute Gasteiger partial charge is 0.418 e. The van der Waals surface area contributed by atoms with E-state index in [1.807, 2.05) is 6.26 Å². The summed E-state index contributed by atoms with van der Waals surface area (Å²) in [6.07, 6.45) is 8.56. The van der Waals surface area contributed by atoms with Crippen LogP contribution >= 0.6 is 15.2 Å². The van der Waals surface area contributed by atoms with Gasteiger partial charge in [-0.1, -0.05) is 32.6 Å². The van der Waals surface area contributed by atoms with Gasteiger partial charge < -0.3 is 36.8 Å². The quantitative estimate of drug-likeness (QED) is 0.129. The fourth-order valence-electron chi connectivity index (χ4n) is 1.86. The van der Waals surface area contributed by atoms with Gasteiger partial charge in [0.1, 0.15) is 11.5 Å². The van der Waals surface area contributed by atoms with Gasteiger partial charge >= 0.3 is 22.4 Å². The van der Waals surface area contributed by atoms with E-state index in [1.54, 1.807) is 0 Å². The molecule has 0 amide bonds. The lowest BCUT2D eigenvalue weighted by molar-refractivity contribution is 0.342. The Morgan fingerprint density at radius 2 is 1.24 bits per heavy atom. The first-order valence-corrected chi connectivity index (χ1v) is 13.0. The highest BCUT2D eigenvalue weighted by atomic mass is 32.2. The molecule has 154 valence electrons. The maximum absolute atomic E-state index is 11.2. The summed E-state index contributed by atoms with van der Waals surface area (Å²) in [5.41, 5.74) is 0. The van der Waals surface area contributed by atoms with Gasteiger partial charge in [0, 0.05) is 0 Å². The Morgan fingerprint density at radius 3 is 1.60 bits per heavy atom. The SMILES string of the molecule is CCCCCCCC[S+](C)CC(P(=O)(O)O)P(=O)(O)O.F[B-](F)(F)F. The van der Waals surface area contributed by atoms with Gasteiger partial charge in [-0.2, -0.15) is 0 Å². The molecule has 0 rings (SSSR count). The third-order valence-electron chi connectivity index (χ3n) is 3.06. The van der Waals surface area contributed by atoms with Crippen LogP contribution in [0, 0.1) is 0 Å². The summed E-state index contributed by atoms with van der Waals surface area (Å²) in [4.78, 5) is 36.2. The number of hydrogen-bond donors (Lipinski definition) is 4. The number of halogens is 4. The molecule has 6 nitrogen and oxygen atoms in total. The Balaban J connectivity index is 0. The van der Waals surface area contributed by atoms with Crippen LogP contribution < -0.4 is 0 Å². The summed E-state index contributed by atoms with van der Waals surface area (Å²) in [5, 5.41) is -1.84. The minimum atomic E-state index is -6.00. The first-order valence-electron chi connectivity index (χ1n) is 7.66. The van der Waals surface area contributed by atoms with Crippen molar-refractivity contribution in [2.45, 2.75) is 50.8 Å². The molecule has 0 heterocycles. The summed E-state index contributed by atoms with van der Waals surface area (Å²) < 4.78 is 61.3. The van der Waals surface area contributed by atoms with Crippen molar-refractivity contribution >= 4 is 33.3 Å². The largest absolute Gasteiger partial charge is 0.673 e. The van der Waals surface area contributed by atoms with Crippen molar-refractivity contribution in [3.05, 3.63) is 0 Å². The van der Waals surface area contributed by atoms with Crippen molar-refractivity contribution in [2.24, 2.45) is 0 Å². The molecule has 0 bridgehead atoms. The molecule has 1 unspecified atom stereocenters. The molecule has 0 aliphatic rings. The highest BCUT2D eigenvalue weighted by Gasteiger charge is 2.47. The van der Waals surface area contributed by atoms with Crippen LogP contribution in [0.15, 0.2) is 0 Å². The zero-order valence-electron chi connectivity index (χ0n) is 14.2. The molecule has 14 heteroatoms. The van der Waals surface area contributed by atoms with Crippen LogP contribution in [0.4, 0.5) is 17.3 Å². The van der Waals surface area contributed by atoms with Crippen molar-refractivity contribution in [1.29, 1.82) is 0 Å².